The fourth-order valence-electron chi connectivity index (χ4n) is 1.42. The second-order valence-electron chi connectivity index (χ2n) is 3.53. The zero-order valence-electron chi connectivity index (χ0n) is 7.77. The van der Waals surface area contributed by atoms with Crippen molar-refractivity contribution in [2.75, 3.05) is 6.61 Å². The van der Waals surface area contributed by atoms with Crippen LogP contribution in [-0.4, -0.2) is 17.7 Å². The molecule has 1 fully saturated rings. The Bertz CT molecular complexity index is 342. The summed E-state index contributed by atoms with van der Waals surface area (Å²) in [5.74, 6) is 0.377. The van der Waals surface area contributed by atoms with Crippen LogP contribution >= 0.6 is 0 Å². The van der Waals surface area contributed by atoms with Crippen LogP contribution in [0.5, 0.6) is 5.75 Å². The third-order valence-corrected chi connectivity index (χ3v) is 2.27. The van der Waals surface area contributed by atoms with Crippen LogP contribution in [0.1, 0.15) is 24.3 Å². The molecule has 74 valence electrons. The number of hydrogen-bond donors (Lipinski definition) is 1. The lowest BCUT2D eigenvalue weighted by Crippen LogP contribution is -2.09. The van der Waals surface area contributed by atoms with E-state index in [2.05, 4.69) is 6.07 Å². The highest BCUT2D eigenvalue weighted by Crippen LogP contribution is 2.40. The Morgan fingerprint density at radius 1 is 1.50 bits per heavy atom. The molecule has 0 aliphatic heterocycles. The van der Waals surface area contributed by atoms with E-state index in [4.69, 9.17) is 9.84 Å². The third-order valence-electron chi connectivity index (χ3n) is 2.27. The molecule has 0 heterocycles. The number of aliphatic carboxylic acids is 1. The maximum Gasteiger partial charge on any atom is 0.341 e. The van der Waals surface area contributed by atoms with Crippen LogP contribution in [0.3, 0.4) is 0 Å². The van der Waals surface area contributed by atoms with E-state index < -0.39 is 5.97 Å². The van der Waals surface area contributed by atoms with Gasteiger partial charge in [-0.05, 0) is 36.5 Å². The van der Waals surface area contributed by atoms with E-state index in [1.165, 1.54) is 18.4 Å². The predicted molar refractivity (Wildman–Crippen MR) is 51.5 cm³/mol. The van der Waals surface area contributed by atoms with Gasteiger partial charge in [-0.25, -0.2) is 4.79 Å². The van der Waals surface area contributed by atoms with Crippen LogP contribution in [-0.2, 0) is 4.79 Å². The second-order valence-corrected chi connectivity index (χ2v) is 3.53. The topological polar surface area (TPSA) is 46.5 Å². The first-order valence-electron chi connectivity index (χ1n) is 4.70. The van der Waals surface area contributed by atoms with E-state index in [1.807, 2.05) is 12.1 Å². The van der Waals surface area contributed by atoms with Crippen molar-refractivity contribution in [2.24, 2.45) is 0 Å². The van der Waals surface area contributed by atoms with Crippen molar-refractivity contribution in [1.29, 1.82) is 0 Å². The van der Waals surface area contributed by atoms with E-state index in [9.17, 15) is 4.79 Å². The van der Waals surface area contributed by atoms with Gasteiger partial charge in [-0.1, -0.05) is 12.1 Å². The molecule has 1 saturated carbocycles. The van der Waals surface area contributed by atoms with Crippen molar-refractivity contribution in [2.45, 2.75) is 18.8 Å². The summed E-state index contributed by atoms with van der Waals surface area (Å²) < 4.78 is 5.09. The number of hydrogen-bond acceptors (Lipinski definition) is 2. The molecule has 3 nitrogen and oxygen atoms in total. The highest BCUT2D eigenvalue weighted by molar-refractivity contribution is 5.68. The van der Waals surface area contributed by atoms with Crippen molar-refractivity contribution < 1.29 is 14.6 Å². The molecule has 0 spiro atoms. The van der Waals surface area contributed by atoms with Crippen LogP contribution in [0.25, 0.3) is 0 Å². The smallest absolute Gasteiger partial charge is 0.341 e. The first-order valence-corrected chi connectivity index (χ1v) is 4.70. The van der Waals surface area contributed by atoms with Gasteiger partial charge in [0.1, 0.15) is 5.75 Å². The number of rotatable bonds is 4. The molecule has 0 radical (unpaired) electrons. The van der Waals surface area contributed by atoms with Crippen molar-refractivity contribution in [3.05, 3.63) is 29.8 Å². The van der Waals surface area contributed by atoms with Crippen LogP contribution in [0, 0.1) is 0 Å². The van der Waals surface area contributed by atoms with Gasteiger partial charge in [0.25, 0.3) is 0 Å². The molecule has 1 aliphatic carbocycles. The summed E-state index contributed by atoms with van der Waals surface area (Å²) >= 11 is 0. The van der Waals surface area contributed by atoms with Crippen LogP contribution < -0.4 is 4.74 Å². The first kappa shape index (κ1) is 9.06. The zero-order chi connectivity index (χ0) is 9.97. The quantitative estimate of drug-likeness (QED) is 0.793. The second kappa shape index (κ2) is 3.70. The summed E-state index contributed by atoms with van der Waals surface area (Å²) in [7, 11) is 0. The van der Waals surface area contributed by atoms with Gasteiger partial charge in [-0.15, -0.1) is 0 Å². The Kier molecular flexibility index (Phi) is 2.39. The molecule has 0 saturated heterocycles. The third kappa shape index (κ3) is 2.25. The number of ether oxygens (including phenoxy) is 1. The molecular weight excluding hydrogens is 180 g/mol. The minimum atomic E-state index is -0.943. The fraction of sp³-hybridized carbons (Fsp3) is 0.364. The van der Waals surface area contributed by atoms with Gasteiger partial charge in [0.05, 0.1) is 0 Å². The molecule has 1 aromatic rings. The van der Waals surface area contributed by atoms with E-state index in [0.717, 1.165) is 0 Å². The minimum Gasteiger partial charge on any atom is -0.482 e. The maximum atomic E-state index is 10.3. The van der Waals surface area contributed by atoms with Crippen molar-refractivity contribution in [3.8, 4) is 5.75 Å². The standard InChI is InChI=1S/C11H12O3/c12-11(13)7-14-10-3-1-2-9(6-10)8-4-5-8/h1-3,6,8H,4-5,7H2,(H,12,13). The molecule has 0 unspecified atom stereocenters. The van der Waals surface area contributed by atoms with Crippen molar-refractivity contribution in [1.82, 2.24) is 0 Å². The van der Waals surface area contributed by atoms with Gasteiger partial charge in [0.15, 0.2) is 6.61 Å². The monoisotopic (exact) mass is 192 g/mol. The Hall–Kier alpha value is -1.51. The summed E-state index contributed by atoms with van der Waals surface area (Å²) in [6, 6.07) is 7.69. The molecular formula is C11H12O3. The lowest BCUT2D eigenvalue weighted by molar-refractivity contribution is -0.139. The van der Waals surface area contributed by atoms with Crippen molar-refractivity contribution in [3.63, 3.8) is 0 Å². The molecule has 1 N–H and O–H groups in total. The highest BCUT2D eigenvalue weighted by atomic mass is 16.5. The summed E-state index contributed by atoms with van der Waals surface area (Å²) in [6.45, 7) is -0.270. The normalized spacial score (nSPS) is 15.1. The number of benzene rings is 1. The highest BCUT2D eigenvalue weighted by Gasteiger charge is 2.23. The maximum absolute atomic E-state index is 10.3. The molecule has 14 heavy (non-hydrogen) atoms. The lowest BCUT2D eigenvalue weighted by Gasteiger charge is -2.04. The Balaban J connectivity index is 2.02. The Morgan fingerprint density at radius 3 is 2.93 bits per heavy atom. The van der Waals surface area contributed by atoms with Crippen LogP contribution in [0.2, 0.25) is 0 Å². The predicted octanol–water partition coefficient (Wildman–Crippen LogP) is 2.03. The SMILES string of the molecule is O=C(O)COc1cccc(C2CC2)c1. The number of carbonyl (C=O) groups is 1. The molecule has 0 atom stereocenters. The molecule has 3 heteroatoms. The van der Waals surface area contributed by atoms with Crippen molar-refractivity contribution >= 4 is 5.97 Å². The lowest BCUT2D eigenvalue weighted by atomic mass is 10.1. The average molecular weight is 192 g/mol. The average Bonchev–Trinajstić information content (AvgIpc) is 2.98. The molecule has 1 aromatic carbocycles. The van der Waals surface area contributed by atoms with Gasteiger partial charge in [-0.2, -0.15) is 0 Å². The van der Waals surface area contributed by atoms with Gasteiger partial charge in [-0.3, -0.25) is 0 Å². The Labute approximate surface area is 82.3 Å². The van der Waals surface area contributed by atoms with Gasteiger partial charge in [0, 0.05) is 0 Å². The number of carboxylic acids is 1. The van der Waals surface area contributed by atoms with Crippen LogP contribution in [0.4, 0.5) is 0 Å². The molecule has 1 aliphatic rings. The van der Waals surface area contributed by atoms with Crippen LogP contribution in [0.15, 0.2) is 24.3 Å². The molecule has 0 bridgehead atoms. The zero-order valence-corrected chi connectivity index (χ0v) is 7.77. The largest absolute Gasteiger partial charge is 0.482 e. The first-order chi connectivity index (χ1) is 6.75. The van der Waals surface area contributed by atoms with Gasteiger partial charge < -0.3 is 9.84 Å². The summed E-state index contributed by atoms with van der Waals surface area (Å²) in [4.78, 5) is 10.3. The molecule has 0 aromatic heterocycles. The summed E-state index contributed by atoms with van der Waals surface area (Å²) in [5, 5.41) is 8.44. The van der Waals surface area contributed by atoms with E-state index >= 15 is 0 Å². The molecule has 0 amide bonds. The van der Waals surface area contributed by atoms with Gasteiger partial charge in [0.2, 0.25) is 0 Å². The minimum absolute atomic E-state index is 0.270. The van der Waals surface area contributed by atoms with E-state index in [1.54, 1.807) is 6.07 Å². The number of carboxylic acid groups (broad SMARTS) is 1. The van der Waals surface area contributed by atoms with Gasteiger partial charge >= 0.3 is 5.97 Å². The summed E-state index contributed by atoms with van der Waals surface area (Å²) in [6.07, 6.45) is 2.48. The Morgan fingerprint density at radius 2 is 2.29 bits per heavy atom. The van der Waals surface area contributed by atoms with E-state index in [0.29, 0.717) is 11.7 Å². The summed E-state index contributed by atoms with van der Waals surface area (Å²) in [5.41, 5.74) is 1.26. The fourth-order valence-corrected chi connectivity index (χ4v) is 1.42. The van der Waals surface area contributed by atoms with E-state index in [-0.39, 0.29) is 6.61 Å². The molecule has 2 rings (SSSR count).